The van der Waals surface area contributed by atoms with E-state index in [2.05, 4.69) is 10.3 Å². The van der Waals surface area contributed by atoms with Crippen molar-refractivity contribution < 1.29 is 9.59 Å². The van der Waals surface area contributed by atoms with Crippen LogP contribution in [0.1, 0.15) is 39.8 Å². The standard InChI is InChI=1S/C16H23N3O2/c1-5-11(2)13-14(20)19(16(3,4)15(21)18-13)10-12-8-6-7-9-17-12/h6-9,11,13H,5,10H2,1-4H3,(H,18,21). The maximum atomic E-state index is 12.8. The molecule has 0 saturated carbocycles. The Morgan fingerprint density at radius 3 is 2.67 bits per heavy atom. The zero-order valence-electron chi connectivity index (χ0n) is 13.1. The van der Waals surface area contributed by atoms with Crippen LogP contribution in [0.25, 0.3) is 0 Å². The summed E-state index contributed by atoms with van der Waals surface area (Å²) in [7, 11) is 0. The molecule has 2 heterocycles. The van der Waals surface area contributed by atoms with Crippen LogP contribution in [-0.4, -0.2) is 33.3 Å². The molecule has 0 aliphatic carbocycles. The Kier molecular flexibility index (Phi) is 4.30. The molecule has 5 nitrogen and oxygen atoms in total. The lowest BCUT2D eigenvalue weighted by molar-refractivity contribution is -0.157. The summed E-state index contributed by atoms with van der Waals surface area (Å²) in [4.78, 5) is 31.0. The van der Waals surface area contributed by atoms with E-state index < -0.39 is 11.6 Å². The van der Waals surface area contributed by atoms with Crippen molar-refractivity contribution in [3.05, 3.63) is 30.1 Å². The molecule has 2 rings (SSSR count). The molecule has 1 saturated heterocycles. The Bertz CT molecular complexity index is 528. The van der Waals surface area contributed by atoms with Gasteiger partial charge in [-0.25, -0.2) is 0 Å². The summed E-state index contributed by atoms with van der Waals surface area (Å²) in [5, 5.41) is 2.87. The zero-order valence-corrected chi connectivity index (χ0v) is 13.1. The van der Waals surface area contributed by atoms with Gasteiger partial charge in [-0.15, -0.1) is 0 Å². The van der Waals surface area contributed by atoms with Crippen LogP contribution < -0.4 is 5.32 Å². The summed E-state index contributed by atoms with van der Waals surface area (Å²) in [6.07, 6.45) is 2.54. The number of amides is 2. The molecule has 1 aromatic rings. The lowest BCUT2D eigenvalue weighted by Crippen LogP contribution is -2.69. The van der Waals surface area contributed by atoms with Crippen molar-refractivity contribution in [1.82, 2.24) is 15.2 Å². The molecule has 0 aromatic carbocycles. The molecule has 2 unspecified atom stereocenters. The summed E-state index contributed by atoms with van der Waals surface area (Å²) in [6, 6.07) is 5.14. The zero-order chi connectivity index (χ0) is 15.6. The molecule has 0 spiro atoms. The third-order valence-electron chi connectivity index (χ3n) is 4.31. The predicted molar refractivity (Wildman–Crippen MR) is 80.3 cm³/mol. The minimum absolute atomic E-state index is 0.0281. The molecule has 0 radical (unpaired) electrons. The van der Waals surface area contributed by atoms with E-state index in [1.807, 2.05) is 32.0 Å². The number of piperazine rings is 1. The number of pyridine rings is 1. The van der Waals surface area contributed by atoms with Gasteiger partial charge in [0.05, 0.1) is 12.2 Å². The van der Waals surface area contributed by atoms with E-state index in [0.29, 0.717) is 6.54 Å². The number of rotatable bonds is 4. The molecule has 0 bridgehead atoms. The van der Waals surface area contributed by atoms with Crippen molar-refractivity contribution >= 4 is 11.8 Å². The Morgan fingerprint density at radius 1 is 1.38 bits per heavy atom. The van der Waals surface area contributed by atoms with Gasteiger partial charge in [-0.05, 0) is 31.9 Å². The average Bonchev–Trinajstić information content (AvgIpc) is 2.48. The second kappa shape index (κ2) is 5.84. The van der Waals surface area contributed by atoms with Crippen LogP contribution in [0.4, 0.5) is 0 Å². The second-order valence-corrected chi connectivity index (χ2v) is 6.14. The summed E-state index contributed by atoms with van der Waals surface area (Å²) in [5.41, 5.74) is -0.0741. The number of carbonyl (C=O) groups excluding carboxylic acids is 2. The summed E-state index contributed by atoms with van der Waals surface area (Å²) >= 11 is 0. The maximum Gasteiger partial charge on any atom is 0.246 e. The van der Waals surface area contributed by atoms with Gasteiger partial charge in [-0.1, -0.05) is 26.3 Å². The molecule has 5 heteroatoms. The molecule has 1 aliphatic rings. The topological polar surface area (TPSA) is 62.3 Å². The van der Waals surface area contributed by atoms with E-state index in [-0.39, 0.29) is 17.7 Å². The second-order valence-electron chi connectivity index (χ2n) is 6.14. The highest BCUT2D eigenvalue weighted by Gasteiger charge is 2.47. The molecule has 1 aromatic heterocycles. The summed E-state index contributed by atoms with van der Waals surface area (Å²) in [6.45, 7) is 7.91. The van der Waals surface area contributed by atoms with E-state index in [1.165, 1.54) is 0 Å². The van der Waals surface area contributed by atoms with Gasteiger partial charge < -0.3 is 10.2 Å². The highest BCUT2D eigenvalue weighted by molar-refractivity contribution is 5.99. The van der Waals surface area contributed by atoms with Crippen molar-refractivity contribution in [3.8, 4) is 0 Å². The van der Waals surface area contributed by atoms with Crippen LogP contribution in [0, 0.1) is 5.92 Å². The van der Waals surface area contributed by atoms with Crippen LogP contribution in [-0.2, 0) is 16.1 Å². The number of carbonyl (C=O) groups is 2. The number of hydrogen-bond acceptors (Lipinski definition) is 3. The lowest BCUT2D eigenvalue weighted by atomic mass is 9.89. The Labute approximate surface area is 125 Å². The van der Waals surface area contributed by atoms with Crippen LogP contribution in [0.3, 0.4) is 0 Å². The Balaban J connectivity index is 2.29. The first-order valence-corrected chi connectivity index (χ1v) is 7.40. The fourth-order valence-corrected chi connectivity index (χ4v) is 2.50. The fourth-order valence-electron chi connectivity index (χ4n) is 2.50. The highest BCUT2D eigenvalue weighted by Crippen LogP contribution is 2.26. The van der Waals surface area contributed by atoms with Crippen LogP contribution in [0.2, 0.25) is 0 Å². The molecule has 21 heavy (non-hydrogen) atoms. The SMILES string of the molecule is CCC(C)C1NC(=O)C(C)(C)N(Cc2ccccn2)C1=O. The molecule has 114 valence electrons. The number of aromatic nitrogens is 1. The van der Waals surface area contributed by atoms with E-state index in [0.717, 1.165) is 12.1 Å². The molecular weight excluding hydrogens is 266 g/mol. The largest absolute Gasteiger partial charge is 0.342 e. The van der Waals surface area contributed by atoms with E-state index in [4.69, 9.17) is 0 Å². The van der Waals surface area contributed by atoms with Gasteiger partial charge in [-0.2, -0.15) is 0 Å². The smallest absolute Gasteiger partial charge is 0.246 e. The first kappa shape index (κ1) is 15.5. The number of nitrogens with zero attached hydrogens (tertiary/aromatic N) is 2. The normalized spacial score (nSPS) is 22.9. The highest BCUT2D eigenvalue weighted by atomic mass is 16.2. The minimum Gasteiger partial charge on any atom is -0.342 e. The van der Waals surface area contributed by atoms with E-state index in [1.54, 1.807) is 24.9 Å². The Hall–Kier alpha value is -1.91. The van der Waals surface area contributed by atoms with Gasteiger partial charge in [0.15, 0.2) is 0 Å². The number of hydrogen-bond donors (Lipinski definition) is 1. The van der Waals surface area contributed by atoms with Crippen LogP contribution >= 0.6 is 0 Å². The molecule has 2 atom stereocenters. The van der Waals surface area contributed by atoms with Gasteiger partial charge >= 0.3 is 0 Å². The predicted octanol–water partition coefficient (Wildman–Crippen LogP) is 1.73. The molecule has 1 aliphatic heterocycles. The fraction of sp³-hybridized carbons (Fsp3) is 0.562. The maximum absolute atomic E-state index is 12.8. The summed E-state index contributed by atoms with van der Waals surface area (Å²) < 4.78 is 0. The molecule has 1 N–H and O–H groups in total. The van der Waals surface area contributed by atoms with E-state index in [9.17, 15) is 9.59 Å². The van der Waals surface area contributed by atoms with Crippen LogP contribution in [0.5, 0.6) is 0 Å². The molecule has 2 amide bonds. The average molecular weight is 289 g/mol. The van der Waals surface area contributed by atoms with Gasteiger partial charge in [0, 0.05) is 6.20 Å². The number of nitrogens with one attached hydrogen (secondary N) is 1. The van der Waals surface area contributed by atoms with Crippen molar-refractivity contribution in [2.24, 2.45) is 5.92 Å². The van der Waals surface area contributed by atoms with Crippen molar-refractivity contribution in [2.75, 3.05) is 0 Å². The minimum atomic E-state index is -0.863. The van der Waals surface area contributed by atoms with Crippen LogP contribution in [0.15, 0.2) is 24.4 Å². The van der Waals surface area contributed by atoms with Gasteiger partial charge in [0.1, 0.15) is 11.6 Å². The molecular formula is C16H23N3O2. The first-order chi connectivity index (χ1) is 9.87. The van der Waals surface area contributed by atoms with Gasteiger partial charge in [0.2, 0.25) is 11.8 Å². The van der Waals surface area contributed by atoms with Crippen molar-refractivity contribution in [2.45, 2.75) is 52.2 Å². The monoisotopic (exact) mass is 289 g/mol. The van der Waals surface area contributed by atoms with E-state index >= 15 is 0 Å². The van der Waals surface area contributed by atoms with Crippen molar-refractivity contribution in [3.63, 3.8) is 0 Å². The Morgan fingerprint density at radius 2 is 2.10 bits per heavy atom. The summed E-state index contributed by atoms with van der Waals surface area (Å²) in [5.74, 6) is -0.0216. The molecule has 1 fully saturated rings. The van der Waals surface area contributed by atoms with Crippen molar-refractivity contribution in [1.29, 1.82) is 0 Å². The quantitative estimate of drug-likeness (QED) is 0.918. The van der Waals surface area contributed by atoms with Gasteiger partial charge in [0.25, 0.3) is 0 Å². The first-order valence-electron chi connectivity index (χ1n) is 7.40. The third kappa shape index (κ3) is 2.91. The van der Waals surface area contributed by atoms with Gasteiger partial charge in [-0.3, -0.25) is 14.6 Å². The third-order valence-corrected chi connectivity index (χ3v) is 4.31. The lowest BCUT2D eigenvalue weighted by Gasteiger charge is -2.45.